The first kappa shape index (κ1) is 15.0. The minimum absolute atomic E-state index is 0.178. The molecule has 1 aromatic heterocycles. The number of rotatable bonds is 2. The minimum atomic E-state index is -0.179. The van der Waals surface area contributed by atoms with Crippen LogP contribution in [0.3, 0.4) is 0 Å². The molecule has 0 radical (unpaired) electrons. The first-order chi connectivity index (χ1) is 9.19. The normalized spacial score (nSPS) is 22.4. The molecular weight excluding hydrogens is 252 g/mol. The van der Waals surface area contributed by atoms with Crippen LogP contribution in [0.5, 0.6) is 0 Å². The number of nitrogens with zero attached hydrogens (tertiary/aromatic N) is 3. The van der Waals surface area contributed by atoms with Gasteiger partial charge in [0.2, 0.25) is 0 Å². The molecule has 2 rings (SSSR count). The SMILES string of the molecule is Cc1c(N)nc(C(C)C)nc1N1CC(C)OC(C)(C)C1. The fraction of sp³-hybridized carbons (Fsp3) is 0.733. The number of anilines is 2. The van der Waals surface area contributed by atoms with Gasteiger partial charge in [0, 0.05) is 24.6 Å². The van der Waals surface area contributed by atoms with Crippen LogP contribution in [0.2, 0.25) is 0 Å². The summed E-state index contributed by atoms with van der Waals surface area (Å²) in [6.07, 6.45) is 0.178. The van der Waals surface area contributed by atoms with Gasteiger partial charge < -0.3 is 15.4 Å². The predicted molar refractivity (Wildman–Crippen MR) is 82.1 cm³/mol. The second-order valence-electron chi connectivity index (χ2n) is 6.64. The summed E-state index contributed by atoms with van der Waals surface area (Å²) in [5, 5.41) is 0. The van der Waals surface area contributed by atoms with Crippen molar-refractivity contribution in [3.8, 4) is 0 Å². The zero-order valence-corrected chi connectivity index (χ0v) is 13.4. The van der Waals surface area contributed by atoms with Crippen LogP contribution in [0.1, 0.15) is 51.9 Å². The number of aromatic nitrogens is 2. The van der Waals surface area contributed by atoms with Crippen molar-refractivity contribution in [2.24, 2.45) is 0 Å². The van der Waals surface area contributed by atoms with Crippen molar-refractivity contribution in [3.63, 3.8) is 0 Å². The van der Waals surface area contributed by atoms with Crippen LogP contribution < -0.4 is 10.6 Å². The van der Waals surface area contributed by atoms with Gasteiger partial charge in [-0.15, -0.1) is 0 Å². The summed E-state index contributed by atoms with van der Waals surface area (Å²) >= 11 is 0. The maximum Gasteiger partial charge on any atom is 0.137 e. The summed E-state index contributed by atoms with van der Waals surface area (Å²) in [6, 6.07) is 0. The van der Waals surface area contributed by atoms with Gasteiger partial charge in [-0.2, -0.15) is 0 Å². The summed E-state index contributed by atoms with van der Waals surface area (Å²) < 4.78 is 5.96. The first-order valence-electron chi connectivity index (χ1n) is 7.26. The van der Waals surface area contributed by atoms with Gasteiger partial charge in [0.15, 0.2) is 0 Å². The summed E-state index contributed by atoms with van der Waals surface area (Å²) in [4.78, 5) is 11.4. The Bertz CT molecular complexity index is 499. The van der Waals surface area contributed by atoms with Crippen LogP contribution in [0.15, 0.2) is 0 Å². The van der Waals surface area contributed by atoms with Crippen LogP contribution >= 0.6 is 0 Å². The molecular formula is C15H26N4O. The van der Waals surface area contributed by atoms with Crippen LogP contribution in [0.4, 0.5) is 11.6 Å². The Morgan fingerprint density at radius 1 is 1.35 bits per heavy atom. The molecule has 0 aliphatic carbocycles. The highest BCUT2D eigenvalue weighted by molar-refractivity contribution is 5.57. The van der Waals surface area contributed by atoms with E-state index in [1.165, 1.54) is 0 Å². The summed E-state index contributed by atoms with van der Waals surface area (Å²) in [5.74, 6) is 2.60. The van der Waals surface area contributed by atoms with Gasteiger partial charge in [-0.05, 0) is 27.7 Å². The fourth-order valence-electron chi connectivity index (χ4n) is 2.72. The minimum Gasteiger partial charge on any atom is -0.383 e. The zero-order chi connectivity index (χ0) is 15.1. The summed E-state index contributed by atoms with van der Waals surface area (Å²) in [7, 11) is 0. The Morgan fingerprint density at radius 3 is 2.55 bits per heavy atom. The molecule has 5 nitrogen and oxygen atoms in total. The van der Waals surface area contributed by atoms with E-state index in [9.17, 15) is 0 Å². The molecule has 1 aliphatic heterocycles. The molecule has 0 spiro atoms. The Kier molecular flexibility index (Phi) is 3.91. The topological polar surface area (TPSA) is 64.3 Å². The molecule has 1 unspecified atom stereocenters. The maximum absolute atomic E-state index is 6.06. The van der Waals surface area contributed by atoms with E-state index >= 15 is 0 Å². The lowest BCUT2D eigenvalue weighted by Crippen LogP contribution is -2.52. The van der Waals surface area contributed by atoms with E-state index in [0.29, 0.717) is 5.82 Å². The van der Waals surface area contributed by atoms with E-state index in [2.05, 4.69) is 44.5 Å². The third kappa shape index (κ3) is 3.03. The van der Waals surface area contributed by atoms with Crippen molar-refractivity contribution in [2.75, 3.05) is 23.7 Å². The molecule has 1 atom stereocenters. The fourth-order valence-corrected chi connectivity index (χ4v) is 2.72. The second kappa shape index (κ2) is 5.20. The predicted octanol–water partition coefficient (Wildman–Crippen LogP) is 2.49. The second-order valence-corrected chi connectivity index (χ2v) is 6.64. The lowest BCUT2D eigenvalue weighted by atomic mass is 10.0. The highest BCUT2D eigenvalue weighted by Crippen LogP contribution is 2.29. The highest BCUT2D eigenvalue weighted by atomic mass is 16.5. The molecule has 2 N–H and O–H groups in total. The molecule has 0 saturated carbocycles. The smallest absolute Gasteiger partial charge is 0.137 e. The summed E-state index contributed by atoms with van der Waals surface area (Å²) in [6.45, 7) is 14.1. The van der Waals surface area contributed by atoms with E-state index in [1.54, 1.807) is 0 Å². The lowest BCUT2D eigenvalue weighted by Gasteiger charge is -2.42. The van der Waals surface area contributed by atoms with E-state index < -0.39 is 0 Å². The van der Waals surface area contributed by atoms with Gasteiger partial charge >= 0.3 is 0 Å². The van der Waals surface area contributed by atoms with E-state index in [4.69, 9.17) is 15.5 Å². The van der Waals surface area contributed by atoms with Crippen molar-refractivity contribution >= 4 is 11.6 Å². The van der Waals surface area contributed by atoms with Crippen molar-refractivity contribution in [1.82, 2.24) is 9.97 Å². The Labute approximate surface area is 121 Å². The monoisotopic (exact) mass is 278 g/mol. The quantitative estimate of drug-likeness (QED) is 0.900. The number of hydrogen-bond acceptors (Lipinski definition) is 5. The average Bonchev–Trinajstić information content (AvgIpc) is 2.29. The van der Waals surface area contributed by atoms with Gasteiger partial charge in [0.25, 0.3) is 0 Å². The summed E-state index contributed by atoms with van der Waals surface area (Å²) in [5.41, 5.74) is 6.84. The molecule has 112 valence electrons. The molecule has 1 aliphatic rings. The van der Waals surface area contributed by atoms with E-state index in [0.717, 1.165) is 30.3 Å². The molecule has 5 heteroatoms. The standard InChI is InChI=1S/C15H26N4O/c1-9(2)13-17-12(16)11(4)14(18-13)19-7-10(3)20-15(5,6)8-19/h9-10H,7-8H2,1-6H3,(H2,16,17,18). The largest absolute Gasteiger partial charge is 0.383 e. The van der Waals surface area contributed by atoms with Gasteiger partial charge in [-0.25, -0.2) is 9.97 Å². The van der Waals surface area contributed by atoms with Crippen LogP contribution in [-0.4, -0.2) is 34.8 Å². The third-order valence-corrected chi connectivity index (χ3v) is 3.56. The molecule has 1 aromatic rings. The number of nitrogen functional groups attached to an aromatic ring is 1. The van der Waals surface area contributed by atoms with Crippen molar-refractivity contribution in [3.05, 3.63) is 11.4 Å². The van der Waals surface area contributed by atoms with Crippen molar-refractivity contribution in [1.29, 1.82) is 0 Å². The van der Waals surface area contributed by atoms with Crippen molar-refractivity contribution in [2.45, 2.75) is 59.2 Å². The molecule has 1 fully saturated rings. The number of ether oxygens (including phenoxy) is 1. The van der Waals surface area contributed by atoms with E-state index in [1.807, 2.05) is 6.92 Å². The number of morpholine rings is 1. The Balaban J connectivity index is 2.41. The maximum atomic E-state index is 6.06. The molecule has 0 bridgehead atoms. The Hall–Kier alpha value is -1.36. The highest BCUT2D eigenvalue weighted by Gasteiger charge is 2.33. The molecule has 20 heavy (non-hydrogen) atoms. The lowest BCUT2D eigenvalue weighted by molar-refractivity contribution is -0.0752. The molecule has 0 amide bonds. The van der Waals surface area contributed by atoms with E-state index in [-0.39, 0.29) is 17.6 Å². The van der Waals surface area contributed by atoms with Gasteiger partial charge in [0.1, 0.15) is 17.5 Å². The Morgan fingerprint density at radius 2 is 2.00 bits per heavy atom. The van der Waals surface area contributed by atoms with Gasteiger partial charge in [-0.3, -0.25) is 0 Å². The molecule has 2 heterocycles. The third-order valence-electron chi connectivity index (χ3n) is 3.56. The van der Waals surface area contributed by atoms with Crippen LogP contribution in [-0.2, 0) is 4.74 Å². The number of nitrogens with two attached hydrogens (primary N) is 1. The molecule has 1 saturated heterocycles. The molecule has 0 aromatic carbocycles. The van der Waals surface area contributed by atoms with Crippen LogP contribution in [0.25, 0.3) is 0 Å². The first-order valence-corrected chi connectivity index (χ1v) is 7.26. The van der Waals surface area contributed by atoms with Gasteiger partial charge in [0.05, 0.1) is 11.7 Å². The van der Waals surface area contributed by atoms with Gasteiger partial charge in [-0.1, -0.05) is 13.8 Å². The van der Waals surface area contributed by atoms with Crippen LogP contribution in [0, 0.1) is 6.92 Å². The zero-order valence-electron chi connectivity index (χ0n) is 13.4. The average molecular weight is 278 g/mol. The number of hydrogen-bond donors (Lipinski definition) is 1. The van der Waals surface area contributed by atoms with Crippen molar-refractivity contribution < 1.29 is 4.74 Å².